The van der Waals surface area contributed by atoms with E-state index < -0.39 is 0 Å². The van der Waals surface area contributed by atoms with Gasteiger partial charge in [0.05, 0.1) is 12.1 Å². The molecular weight excluding hydrogens is 382 g/mol. The van der Waals surface area contributed by atoms with E-state index in [1.165, 1.54) is 42.7 Å². The highest BCUT2D eigenvalue weighted by Gasteiger charge is 2.18. The minimum Gasteiger partial charge on any atom is -0.459 e. The monoisotopic (exact) mass is 409 g/mol. The van der Waals surface area contributed by atoms with Crippen LogP contribution in [-0.4, -0.2) is 28.4 Å². The Morgan fingerprint density at radius 3 is 2.79 bits per heavy atom. The maximum atomic E-state index is 12.4. The lowest BCUT2D eigenvalue weighted by molar-refractivity contribution is -0.115. The van der Waals surface area contributed by atoms with Crippen LogP contribution in [0.25, 0.3) is 10.8 Å². The molecule has 1 saturated heterocycles. The molecule has 1 fully saturated rings. The molecule has 0 bridgehead atoms. The van der Waals surface area contributed by atoms with Crippen molar-refractivity contribution in [2.45, 2.75) is 52.1 Å². The van der Waals surface area contributed by atoms with Crippen molar-refractivity contribution in [2.24, 2.45) is 0 Å². The first-order valence-electron chi connectivity index (χ1n) is 10.2. The number of furan rings is 1. The van der Waals surface area contributed by atoms with Crippen LogP contribution in [0.2, 0.25) is 0 Å². The van der Waals surface area contributed by atoms with Crippen LogP contribution < -0.4 is 5.32 Å². The first kappa shape index (κ1) is 19.9. The summed E-state index contributed by atoms with van der Waals surface area (Å²) in [6, 6.07) is 12.7. The third-order valence-corrected chi connectivity index (χ3v) is 6.31. The van der Waals surface area contributed by atoms with Crippen LogP contribution in [0.1, 0.15) is 43.2 Å². The second-order valence-electron chi connectivity index (χ2n) is 7.79. The second kappa shape index (κ2) is 8.93. The summed E-state index contributed by atoms with van der Waals surface area (Å²) < 4.78 is 5.60. The number of aryl methyl sites for hydroxylation is 1. The zero-order valence-electron chi connectivity index (χ0n) is 17.0. The summed E-state index contributed by atoms with van der Waals surface area (Å²) in [6.45, 7) is 6.37. The lowest BCUT2D eigenvalue weighted by atomic mass is 10.0. The normalized spacial score (nSPS) is 17.4. The standard InChI is InChI=1S/C23H27N3O2S/c1-16-5-3-4-12-26(16)14-18-7-9-19(10-8-18)24-22(27)13-20-15-29-23(25-20)21-11-6-17(2)28-21/h6-11,15-16H,3-5,12-14H2,1-2H3,(H,24,27). The third kappa shape index (κ3) is 5.14. The van der Waals surface area contributed by atoms with Crippen LogP contribution in [0.5, 0.6) is 0 Å². The highest BCUT2D eigenvalue weighted by Crippen LogP contribution is 2.26. The third-order valence-electron chi connectivity index (χ3n) is 5.41. The van der Waals surface area contributed by atoms with Crippen molar-refractivity contribution in [1.29, 1.82) is 0 Å². The van der Waals surface area contributed by atoms with Gasteiger partial charge in [-0.1, -0.05) is 18.6 Å². The Kier molecular flexibility index (Phi) is 6.11. The highest BCUT2D eigenvalue weighted by molar-refractivity contribution is 7.13. The molecule has 5 nitrogen and oxygen atoms in total. The van der Waals surface area contributed by atoms with Gasteiger partial charge in [0, 0.05) is 23.7 Å². The average molecular weight is 410 g/mol. The van der Waals surface area contributed by atoms with E-state index in [2.05, 4.69) is 34.3 Å². The zero-order chi connectivity index (χ0) is 20.2. The van der Waals surface area contributed by atoms with E-state index in [9.17, 15) is 4.79 Å². The van der Waals surface area contributed by atoms with Gasteiger partial charge in [-0.3, -0.25) is 9.69 Å². The van der Waals surface area contributed by atoms with Gasteiger partial charge >= 0.3 is 0 Å². The summed E-state index contributed by atoms with van der Waals surface area (Å²) in [6.07, 6.45) is 4.16. The first-order chi connectivity index (χ1) is 14.1. The molecule has 1 N–H and O–H groups in total. The molecule has 3 aromatic rings. The summed E-state index contributed by atoms with van der Waals surface area (Å²) >= 11 is 1.49. The molecule has 1 amide bonds. The number of likely N-dealkylation sites (tertiary alicyclic amines) is 1. The van der Waals surface area contributed by atoms with Crippen LogP contribution in [-0.2, 0) is 17.8 Å². The minimum absolute atomic E-state index is 0.0603. The Morgan fingerprint density at radius 2 is 2.07 bits per heavy atom. The van der Waals surface area contributed by atoms with Crippen molar-refractivity contribution in [3.05, 3.63) is 58.8 Å². The van der Waals surface area contributed by atoms with Crippen molar-refractivity contribution in [2.75, 3.05) is 11.9 Å². The molecule has 2 aromatic heterocycles. The number of amides is 1. The number of hydrogen-bond donors (Lipinski definition) is 1. The van der Waals surface area contributed by atoms with E-state index in [4.69, 9.17) is 4.42 Å². The minimum atomic E-state index is -0.0603. The maximum Gasteiger partial charge on any atom is 0.230 e. The fourth-order valence-corrected chi connectivity index (χ4v) is 4.52. The Labute approximate surface area is 175 Å². The molecule has 6 heteroatoms. The molecule has 29 heavy (non-hydrogen) atoms. The molecule has 0 spiro atoms. The van der Waals surface area contributed by atoms with Crippen LogP contribution >= 0.6 is 11.3 Å². The van der Waals surface area contributed by atoms with Crippen LogP contribution in [0.4, 0.5) is 5.69 Å². The lowest BCUT2D eigenvalue weighted by Gasteiger charge is -2.33. The Hall–Kier alpha value is -2.44. The largest absolute Gasteiger partial charge is 0.459 e. The fourth-order valence-electron chi connectivity index (χ4n) is 3.74. The number of benzene rings is 1. The van der Waals surface area contributed by atoms with Crippen molar-refractivity contribution >= 4 is 22.9 Å². The molecule has 1 aromatic carbocycles. The SMILES string of the molecule is Cc1ccc(-c2nc(CC(=O)Nc3ccc(CN4CCCCC4C)cc3)cs2)o1. The molecular formula is C23H27N3O2S. The maximum absolute atomic E-state index is 12.4. The molecule has 0 radical (unpaired) electrons. The van der Waals surface area contributed by atoms with Gasteiger partial charge < -0.3 is 9.73 Å². The molecule has 1 unspecified atom stereocenters. The quantitative estimate of drug-likeness (QED) is 0.603. The highest BCUT2D eigenvalue weighted by atomic mass is 32.1. The second-order valence-corrected chi connectivity index (χ2v) is 8.65. The van der Waals surface area contributed by atoms with E-state index in [1.807, 2.05) is 36.6 Å². The number of anilines is 1. The smallest absolute Gasteiger partial charge is 0.230 e. The van der Waals surface area contributed by atoms with Crippen molar-refractivity contribution < 1.29 is 9.21 Å². The van der Waals surface area contributed by atoms with E-state index in [0.29, 0.717) is 6.04 Å². The summed E-state index contributed by atoms with van der Waals surface area (Å²) in [5.41, 5.74) is 2.87. The molecule has 4 rings (SSSR count). The van der Waals surface area contributed by atoms with E-state index in [0.717, 1.165) is 34.5 Å². The van der Waals surface area contributed by atoms with Crippen LogP contribution in [0.15, 0.2) is 46.2 Å². The average Bonchev–Trinajstić information content (AvgIpc) is 3.34. The molecule has 152 valence electrons. The lowest BCUT2D eigenvalue weighted by Crippen LogP contribution is -2.36. The van der Waals surface area contributed by atoms with Gasteiger partial charge in [0.2, 0.25) is 5.91 Å². The fraction of sp³-hybridized carbons (Fsp3) is 0.391. The predicted octanol–water partition coefficient (Wildman–Crippen LogP) is 5.27. The number of nitrogens with one attached hydrogen (secondary N) is 1. The van der Waals surface area contributed by atoms with Gasteiger partial charge in [-0.05, 0) is 63.1 Å². The number of carbonyl (C=O) groups is 1. The molecule has 1 aliphatic heterocycles. The number of rotatable bonds is 6. The zero-order valence-corrected chi connectivity index (χ0v) is 17.8. The predicted molar refractivity (Wildman–Crippen MR) is 117 cm³/mol. The van der Waals surface area contributed by atoms with E-state index in [-0.39, 0.29) is 12.3 Å². The molecule has 3 heterocycles. The summed E-state index contributed by atoms with van der Waals surface area (Å²) in [5.74, 6) is 1.54. The van der Waals surface area contributed by atoms with Crippen LogP contribution in [0, 0.1) is 6.92 Å². The summed E-state index contributed by atoms with van der Waals surface area (Å²) in [5, 5.41) is 5.69. The number of aromatic nitrogens is 1. The molecule has 0 aliphatic carbocycles. The number of piperidine rings is 1. The Morgan fingerprint density at radius 1 is 1.24 bits per heavy atom. The van der Waals surface area contributed by atoms with E-state index >= 15 is 0 Å². The summed E-state index contributed by atoms with van der Waals surface area (Å²) in [7, 11) is 0. The number of hydrogen-bond acceptors (Lipinski definition) is 5. The van der Waals surface area contributed by atoms with E-state index in [1.54, 1.807) is 0 Å². The van der Waals surface area contributed by atoms with Crippen molar-refractivity contribution in [1.82, 2.24) is 9.88 Å². The number of carbonyl (C=O) groups excluding carboxylic acids is 1. The first-order valence-corrected chi connectivity index (χ1v) is 11.1. The Bertz CT molecular complexity index is 961. The van der Waals surface area contributed by atoms with Crippen molar-refractivity contribution in [3.63, 3.8) is 0 Å². The van der Waals surface area contributed by atoms with Gasteiger partial charge in [-0.2, -0.15) is 0 Å². The van der Waals surface area contributed by atoms with Gasteiger partial charge in [0.25, 0.3) is 0 Å². The van der Waals surface area contributed by atoms with Crippen LogP contribution in [0.3, 0.4) is 0 Å². The van der Waals surface area contributed by atoms with Gasteiger partial charge in [0.15, 0.2) is 10.8 Å². The molecule has 1 atom stereocenters. The number of nitrogens with zero attached hydrogens (tertiary/aromatic N) is 2. The summed E-state index contributed by atoms with van der Waals surface area (Å²) in [4.78, 5) is 19.5. The Balaban J connectivity index is 1.31. The van der Waals surface area contributed by atoms with Gasteiger partial charge in [0.1, 0.15) is 5.76 Å². The van der Waals surface area contributed by atoms with Gasteiger partial charge in [-0.15, -0.1) is 11.3 Å². The topological polar surface area (TPSA) is 58.4 Å². The number of thiazole rings is 1. The molecule has 1 aliphatic rings. The molecule has 0 saturated carbocycles. The van der Waals surface area contributed by atoms with Gasteiger partial charge in [-0.25, -0.2) is 4.98 Å². The van der Waals surface area contributed by atoms with Crippen molar-refractivity contribution in [3.8, 4) is 10.8 Å².